The zero-order valence-electron chi connectivity index (χ0n) is 12.9. The van der Waals surface area contributed by atoms with Crippen LogP contribution in [0, 0.1) is 5.82 Å². The van der Waals surface area contributed by atoms with Gasteiger partial charge in [-0.25, -0.2) is 9.37 Å². The van der Waals surface area contributed by atoms with Gasteiger partial charge in [0.25, 0.3) is 0 Å². The Balaban J connectivity index is 1.53. The number of anilines is 1. The standard InChI is InChI=1S/C16H19FN6/c17-12-10-13-15(21-11-12)14(2-5-18-13)22-6-8-23(9-7-22)16-19-3-1-4-20-16/h2,5,10-11H,1,3-4,6-9H2,(H,19,20). The number of hydrogen-bond donors (Lipinski definition) is 1. The topological polar surface area (TPSA) is 56.7 Å². The first kappa shape index (κ1) is 14.2. The maximum Gasteiger partial charge on any atom is 0.194 e. The van der Waals surface area contributed by atoms with Gasteiger partial charge in [-0.2, -0.15) is 0 Å². The van der Waals surface area contributed by atoms with Crippen molar-refractivity contribution < 1.29 is 4.39 Å². The zero-order valence-corrected chi connectivity index (χ0v) is 12.9. The van der Waals surface area contributed by atoms with E-state index in [-0.39, 0.29) is 5.82 Å². The van der Waals surface area contributed by atoms with E-state index in [2.05, 4.69) is 30.1 Å². The summed E-state index contributed by atoms with van der Waals surface area (Å²) in [6, 6.07) is 3.39. The van der Waals surface area contributed by atoms with Gasteiger partial charge in [-0.3, -0.25) is 9.98 Å². The number of pyridine rings is 2. The second-order valence-corrected chi connectivity index (χ2v) is 5.81. The van der Waals surface area contributed by atoms with Crippen molar-refractivity contribution in [2.24, 2.45) is 4.99 Å². The third kappa shape index (κ3) is 2.78. The molecule has 6 nitrogen and oxygen atoms in total. The summed E-state index contributed by atoms with van der Waals surface area (Å²) in [6.07, 6.45) is 4.08. The molecule has 4 rings (SSSR count). The molecule has 1 saturated heterocycles. The van der Waals surface area contributed by atoms with Crippen molar-refractivity contribution in [2.45, 2.75) is 6.42 Å². The molecule has 2 aliphatic rings. The second kappa shape index (κ2) is 5.98. The molecule has 23 heavy (non-hydrogen) atoms. The van der Waals surface area contributed by atoms with Gasteiger partial charge in [0, 0.05) is 51.5 Å². The van der Waals surface area contributed by atoms with Crippen molar-refractivity contribution >= 4 is 22.7 Å². The van der Waals surface area contributed by atoms with Gasteiger partial charge in [-0.05, 0) is 12.5 Å². The van der Waals surface area contributed by atoms with Crippen LogP contribution in [0.25, 0.3) is 11.0 Å². The van der Waals surface area contributed by atoms with Crippen LogP contribution in [0.1, 0.15) is 6.42 Å². The van der Waals surface area contributed by atoms with Gasteiger partial charge < -0.3 is 15.1 Å². The van der Waals surface area contributed by atoms with Crippen molar-refractivity contribution in [3.63, 3.8) is 0 Å². The van der Waals surface area contributed by atoms with Crippen LogP contribution in [0.15, 0.2) is 29.5 Å². The van der Waals surface area contributed by atoms with E-state index < -0.39 is 0 Å². The highest BCUT2D eigenvalue weighted by Gasteiger charge is 2.22. The Kier molecular flexibility index (Phi) is 3.69. The highest BCUT2D eigenvalue weighted by atomic mass is 19.1. The van der Waals surface area contributed by atoms with E-state index in [9.17, 15) is 4.39 Å². The number of piperazine rings is 1. The molecular weight excluding hydrogens is 295 g/mol. The molecule has 0 spiro atoms. The molecule has 2 aromatic rings. The predicted molar refractivity (Wildman–Crippen MR) is 88.2 cm³/mol. The van der Waals surface area contributed by atoms with Crippen LogP contribution >= 0.6 is 0 Å². The van der Waals surface area contributed by atoms with Crippen LogP contribution in [0.4, 0.5) is 10.1 Å². The number of halogens is 1. The molecule has 0 aliphatic carbocycles. The summed E-state index contributed by atoms with van der Waals surface area (Å²) >= 11 is 0. The Morgan fingerprint density at radius 1 is 1.09 bits per heavy atom. The Hall–Kier alpha value is -2.44. The fourth-order valence-electron chi connectivity index (χ4n) is 3.14. The summed E-state index contributed by atoms with van der Waals surface area (Å²) in [7, 11) is 0. The van der Waals surface area contributed by atoms with Gasteiger partial charge in [-0.1, -0.05) is 0 Å². The second-order valence-electron chi connectivity index (χ2n) is 5.81. The maximum atomic E-state index is 13.3. The summed E-state index contributed by atoms with van der Waals surface area (Å²) in [4.78, 5) is 17.6. The number of hydrogen-bond acceptors (Lipinski definition) is 6. The predicted octanol–water partition coefficient (Wildman–Crippen LogP) is 1.24. The van der Waals surface area contributed by atoms with Crippen LogP contribution in [-0.4, -0.2) is 60.1 Å². The van der Waals surface area contributed by atoms with Gasteiger partial charge >= 0.3 is 0 Å². The highest BCUT2D eigenvalue weighted by Crippen LogP contribution is 2.24. The van der Waals surface area contributed by atoms with E-state index in [1.165, 1.54) is 12.3 Å². The van der Waals surface area contributed by atoms with Crippen molar-refractivity contribution in [1.29, 1.82) is 0 Å². The molecule has 1 N–H and O–H groups in total. The van der Waals surface area contributed by atoms with E-state index >= 15 is 0 Å². The van der Waals surface area contributed by atoms with Gasteiger partial charge in [0.15, 0.2) is 5.96 Å². The molecule has 0 bridgehead atoms. The van der Waals surface area contributed by atoms with Crippen molar-refractivity contribution in [1.82, 2.24) is 20.2 Å². The maximum absolute atomic E-state index is 13.3. The van der Waals surface area contributed by atoms with Gasteiger partial charge in [0.1, 0.15) is 11.3 Å². The molecular formula is C16H19FN6. The SMILES string of the molecule is Fc1cnc2c(N3CCN(C4=NCCCN4)CC3)ccnc2c1. The third-order valence-corrected chi connectivity index (χ3v) is 4.32. The molecule has 0 radical (unpaired) electrons. The fourth-order valence-corrected chi connectivity index (χ4v) is 3.14. The van der Waals surface area contributed by atoms with Gasteiger partial charge in [-0.15, -0.1) is 0 Å². The molecule has 4 heterocycles. The molecule has 0 atom stereocenters. The molecule has 7 heteroatoms. The average Bonchev–Trinajstić information content (AvgIpc) is 2.62. The molecule has 1 fully saturated rings. The normalized spacial score (nSPS) is 18.7. The van der Waals surface area contributed by atoms with Crippen LogP contribution in [-0.2, 0) is 0 Å². The Labute approximate surface area is 134 Å². The first-order valence-corrected chi connectivity index (χ1v) is 8.00. The summed E-state index contributed by atoms with van der Waals surface area (Å²) < 4.78 is 13.3. The lowest BCUT2D eigenvalue weighted by Gasteiger charge is -2.38. The van der Waals surface area contributed by atoms with Gasteiger partial charge in [0.2, 0.25) is 0 Å². The Bertz CT molecular complexity index is 738. The lowest BCUT2D eigenvalue weighted by Crippen LogP contribution is -2.53. The van der Waals surface area contributed by atoms with E-state index in [1.54, 1.807) is 6.20 Å². The van der Waals surface area contributed by atoms with Crippen molar-refractivity contribution in [2.75, 3.05) is 44.2 Å². The minimum absolute atomic E-state index is 0.353. The summed E-state index contributed by atoms with van der Waals surface area (Å²) in [5.74, 6) is 0.670. The van der Waals surface area contributed by atoms with E-state index in [0.29, 0.717) is 5.52 Å². The monoisotopic (exact) mass is 314 g/mol. The molecule has 0 aromatic carbocycles. The smallest absolute Gasteiger partial charge is 0.194 e. The first-order chi connectivity index (χ1) is 11.3. The highest BCUT2D eigenvalue weighted by molar-refractivity contribution is 5.88. The molecule has 0 amide bonds. The summed E-state index contributed by atoms with van der Waals surface area (Å²) in [5.41, 5.74) is 2.38. The Morgan fingerprint density at radius 2 is 1.91 bits per heavy atom. The van der Waals surface area contributed by atoms with Crippen LogP contribution in [0.3, 0.4) is 0 Å². The number of nitrogens with zero attached hydrogens (tertiary/aromatic N) is 5. The van der Waals surface area contributed by atoms with Crippen LogP contribution in [0.5, 0.6) is 0 Å². The number of fused-ring (bicyclic) bond motifs is 1. The minimum Gasteiger partial charge on any atom is -0.366 e. The van der Waals surface area contributed by atoms with Crippen molar-refractivity contribution in [3.8, 4) is 0 Å². The largest absolute Gasteiger partial charge is 0.366 e. The molecule has 2 aromatic heterocycles. The molecule has 0 saturated carbocycles. The van der Waals surface area contributed by atoms with E-state index in [0.717, 1.165) is 62.9 Å². The molecule has 2 aliphatic heterocycles. The number of rotatable bonds is 1. The Morgan fingerprint density at radius 3 is 2.70 bits per heavy atom. The number of aliphatic imine (C=N–C) groups is 1. The van der Waals surface area contributed by atoms with E-state index in [4.69, 9.17) is 0 Å². The summed E-state index contributed by atoms with van der Waals surface area (Å²) in [6.45, 7) is 5.52. The number of nitrogens with one attached hydrogen (secondary N) is 1. The van der Waals surface area contributed by atoms with Crippen LogP contribution in [0.2, 0.25) is 0 Å². The third-order valence-electron chi connectivity index (χ3n) is 4.32. The molecule has 0 unspecified atom stereocenters. The van der Waals surface area contributed by atoms with Gasteiger partial charge in [0.05, 0.1) is 17.4 Å². The number of aromatic nitrogens is 2. The lowest BCUT2D eigenvalue weighted by molar-refractivity contribution is 0.368. The minimum atomic E-state index is -0.353. The number of guanidine groups is 1. The summed E-state index contributed by atoms with van der Waals surface area (Å²) in [5, 5.41) is 3.37. The lowest BCUT2D eigenvalue weighted by atomic mass is 10.2. The average molecular weight is 314 g/mol. The first-order valence-electron chi connectivity index (χ1n) is 8.00. The van der Waals surface area contributed by atoms with E-state index in [1.807, 2.05) is 6.07 Å². The molecule has 120 valence electrons. The quantitative estimate of drug-likeness (QED) is 0.858. The van der Waals surface area contributed by atoms with Crippen LogP contribution < -0.4 is 10.2 Å². The zero-order chi connectivity index (χ0) is 15.6. The van der Waals surface area contributed by atoms with Crippen molar-refractivity contribution in [3.05, 3.63) is 30.3 Å². The fraction of sp³-hybridized carbons (Fsp3) is 0.438.